The summed E-state index contributed by atoms with van der Waals surface area (Å²) in [4.78, 5) is 36.9. The maximum atomic E-state index is 13.1. The van der Waals surface area contributed by atoms with Crippen LogP contribution < -0.4 is 21.3 Å². The van der Waals surface area contributed by atoms with Gasteiger partial charge in [0.25, 0.3) is 0 Å². The molecule has 39 heavy (non-hydrogen) atoms. The van der Waals surface area contributed by atoms with Crippen molar-refractivity contribution in [1.29, 1.82) is 0 Å². The number of carbonyl (C=O) groups excluding carboxylic acids is 2. The van der Waals surface area contributed by atoms with E-state index in [-0.39, 0.29) is 31.1 Å². The highest BCUT2D eigenvalue weighted by atomic mass is 31.2. The lowest BCUT2D eigenvalue weighted by Crippen LogP contribution is -2.51. The van der Waals surface area contributed by atoms with Crippen LogP contribution >= 0.6 is 7.60 Å². The Morgan fingerprint density at radius 3 is 2.62 bits per heavy atom. The SMILES string of the molecule is COC(=O)[C@H](Cc1ccc(O[P@]2(=O)CO[C@@H](Cn3cnc4c(N)ncnc43)CO2)cc1)NC(=O)[C@@H](N)C(C)C. The number of anilines is 1. The predicted molar refractivity (Wildman–Crippen MR) is 141 cm³/mol. The normalized spacial score (nSPS) is 20.9. The summed E-state index contributed by atoms with van der Waals surface area (Å²) in [5.41, 5.74) is 13.5. The summed E-state index contributed by atoms with van der Waals surface area (Å²) in [6, 6.07) is 4.91. The first-order chi connectivity index (χ1) is 18.6. The maximum Gasteiger partial charge on any atom is 0.404 e. The molecule has 1 amide bonds. The van der Waals surface area contributed by atoms with Crippen LogP contribution in [0.4, 0.5) is 5.82 Å². The molecule has 5 N–H and O–H groups in total. The van der Waals surface area contributed by atoms with E-state index in [9.17, 15) is 14.2 Å². The predicted octanol–water partition coefficient (Wildman–Crippen LogP) is 1.24. The van der Waals surface area contributed by atoms with Crippen LogP contribution in [0.15, 0.2) is 36.9 Å². The Morgan fingerprint density at radius 1 is 1.23 bits per heavy atom. The average Bonchev–Trinajstić information content (AvgIpc) is 3.33. The molecule has 1 aliphatic rings. The molecule has 4 atom stereocenters. The van der Waals surface area contributed by atoms with Crippen LogP contribution in [0.25, 0.3) is 11.2 Å². The van der Waals surface area contributed by atoms with Gasteiger partial charge in [0.1, 0.15) is 29.7 Å². The minimum absolute atomic E-state index is 0.0363. The molecule has 0 bridgehead atoms. The second-order valence-electron chi connectivity index (χ2n) is 9.45. The number of ether oxygens (including phenoxy) is 2. The highest BCUT2D eigenvalue weighted by molar-refractivity contribution is 7.54. The van der Waals surface area contributed by atoms with Crippen LogP contribution in [0.5, 0.6) is 5.75 Å². The number of hydrogen-bond acceptors (Lipinski definition) is 12. The number of fused-ring (bicyclic) bond motifs is 1. The average molecular weight is 562 g/mol. The first kappa shape index (κ1) is 28.4. The van der Waals surface area contributed by atoms with Gasteiger partial charge in [-0.05, 0) is 23.6 Å². The molecule has 0 unspecified atom stereocenters. The number of methoxy groups -OCH3 is 1. The zero-order valence-electron chi connectivity index (χ0n) is 21.9. The first-order valence-electron chi connectivity index (χ1n) is 12.3. The zero-order valence-corrected chi connectivity index (χ0v) is 22.7. The molecule has 2 aromatic heterocycles. The van der Waals surface area contributed by atoms with Gasteiger partial charge in [-0.3, -0.25) is 9.32 Å². The maximum absolute atomic E-state index is 13.1. The lowest BCUT2D eigenvalue weighted by molar-refractivity contribution is -0.145. The molecule has 1 fully saturated rings. The Labute approximate surface area is 224 Å². The molecule has 1 saturated heterocycles. The van der Waals surface area contributed by atoms with Crippen LogP contribution in [0.2, 0.25) is 0 Å². The third-order valence-corrected chi connectivity index (χ3v) is 7.68. The van der Waals surface area contributed by atoms with Gasteiger partial charge in [-0.25, -0.2) is 24.3 Å². The number of nitrogens with zero attached hydrogens (tertiary/aromatic N) is 4. The second-order valence-corrected chi connectivity index (χ2v) is 11.4. The Morgan fingerprint density at radius 2 is 1.97 bits per heavy atom. The van der Waals surface area contributed by atoms with Crippen LogP contribution in [0.3, 0.4) is 0 Å². The number of nitrogens with one attached hydrogen (secondary N) is 1. The Hall–Kier alpha value is -3.58. The Kier molecular flexibility index (Phi) is 8.80. The van der Waals surface area contributed by atoms with Crippen molar-refractivity contribution in [3.8, 4) is 5.75 Å². The molecule has 0 radical (unpaired) electrons. The summed E-state index contributed by atoms with van der Waals surface area (Å²) in [5, 5.41) is 2.65. The van der Waals surface area contributed by atoms with Crippen molar-refractivity contribution in [2.45, 2.75) is 45.0 Å². The molecule has 14 nitrogen and oxygen atoms in total. The lowest BCUT2D eigenvalue weighted by atomic mass is 10.0. The minimum Gasteiger partial charge on any atom is -0.467 e. The summed E-state index contributed by atoms with van der Waals surface area (Å²) < 4.78 is 36.7. The summed E-state index contributed by atoms with van der Waals surface area (Å²) >= 11 is 0. The summed E-state index contributed by atoms with van der Waals surface area (Å²) in [7, 11) is -2.31. The van der Waals surface area contributed by atoms with Crippen molar-refractivity contribution in [1.82, 2.24) is 24.8 Å². The van der Waals surface area contributed by atoms with E-state index in [2.05, 4.69) is 20.3 Å². The van der Waals surface area contributed by atoms with Crippen molar-refractivity contribution < 1.29 is 32.7 Å². The first-order valence-corrected chi connectivity index (χ1v) is 14.0. The molecule has 1 aromatic carbocycles. The smallest absolute Gasteiger partial charge is 0.404 e. The van der Waals surface area contributed by atoms with Crippen molar-refractivity contribution in [2.24, 2.45) is 11.7 Å². The molecule has 0 aliphatic carbocycles. The van der Waals surface area contributed by atoms with Gasteiger partial charge in [0.15, 0.2) is 17.8 Å². The highest BCUT2D eigenvalue weighted by Gasteiger charge is 2.35. The van der Waals surface area contributed by atoms with Crippen molar-refractivity contribution in [3.63, 3.8) is 0 Å². The van der Waals surface area contributed by atoms with Gasteiger partial charge < -0.3 is 35.3 Å². The molecule has 0 saturated carbocycles. The lowest BCUT2D eigenvalue weighted by Gasteiger charge is -2.29. The second kappa shape index (κ2) is 12.1. The molecule has 4 rings (SSSR count). The fourth-order valence-electron chi connectivity index (χ4n) is 3.88. The number of nitrogens with two attached hydrogens (primary N) is 2. The van der Waals surface area contributed by atoms with Gasteiger partial charge >= 0.3 is 13.6 Å². The van der Waals surface area contributed by atoms with Crippen molar-refractivity contribution in [2.75, 3.05) is 25.8 Å². The molecule has 0 spiro atoms. The van der Waals surface area contributed by atoms with Crippen molar-refractivity contribution in [3.05, 3.63) is 42.5 Å². The number of rotatable bonds is 10. The fraction of sp³-hybridized carbons (Fsp3) is 0.458. The third kappa shape index (κ3) is 6.90. The highest BCUT2D eigenvalue weighted by Crippen LogP contribution is 2.51. The largest absolute Gasteiger partial charge is 0.467 e. The number of amides is 1. The topological polar surface area (TPSA) is 196 Å². The number of nitrogen functional groups attached to an aromatic ring is 1. The van der Waals surface area contributed by atoms with Gasteiger partial charge in [-0.2, -0.15) is 0 Å². The van der Waals surface area contributed by atoms with E-state index in [0.29, 0.717) is 29.0 Å². The summed E-state index contributed by atoms with van der Waals surface area (Å²) in [5.74, 6) is -0.541. The van der Waals surface area contributed by atoms with Crippen molar-refractivity contribution >= 4 is 36.5 Å². The molecular weight excluding hydrogens is 529 g/mol. The molecule has 1 aliphatic heterocycles. The number of esters is 1. The van der Waals surface area contributed by atoms with Crippen LogP contribution in [-0.4, -0.2) is 69.6 Å². The number of imidazole rings is 1. The van der Waals surface area contributed by atoms with E-state index in [1.165, 1.54) is 13.4 Å². The standard InChI is InChI=1S/C24H32N7O7P/c1-14(2)19(25)23(32)30-18(24(33)35-3)8-15-4-6-16(7-5-15)38-39(34)13-36-17(10-37-39)9-31-12-29-20-21(26)27-11-28-22(20)31/h4-7,11-12,14,17-19H,8-10,13,25H2,1-3H3,(H,30,32)(H2,26,27,28)/t17-,18-,19-,39-/m0/s1. The van der Waals surface area contributed by atoms with Crippen LogP contribution in [0, 0.1) is 5.92 Å². The van der Waals surface area contributed by atoms with Gasteiger partial charge in [0, 0.05) is 6.42 Å². The summed E-state index contributed by atoms with van der Waals surface area (Å²) in [6.07, 6.45) is 2.47. The zero-order chi connectivity index (χ0) is 28.2. The van der Waals surface area contributed by atoms with Gasteiger partial charge in [0.05, 0.1) is 32.6 Å². The van der Waals surface area contributed by atoms with E-state index < -0.39 is 37.7 Å². The van der Waals surface area contributed by atoms with E-state index in [0.717, 1.165) is 0 Å². The molecule has 210 valence electrons. The van der Waals surface area contributed by atoms with Crippen LogP contribution in [0.1, 0.15) is 19.4 Å². The number of hydrogen-bond donors (Lipinski definition) is 3. The molecule has 3 heterocycles. The van der Waals surface area contributed by atoms with Gasteiger partial charge in [-0.1, -0.05) is 26.0 Å². The number of aromatic nitrogens is 4. The van der Waals surface area contributed by atoms with Gasteiger partial charge in [0.2, 0.25) is 5.91 Å². The molecule has 3 aromatic rings. The minimum atomic E-state index is -3.56. The molecule has 15 heteroatoms. The quantitative estimate of drug-likeness (QED) is 0.237. The third-order valence-electron chi connectivity index (χ3n) is 6.19. The van der Waals surface area contributed by atoms with Gasteiger partial charge in [-0.15, -0.1) is 0 Å². The monoisotopic (exact) mass is 561 g/mol. The number of carbonyl (C=O) groups is 2. The molecular formula is C24H32N7O7P. The van der Waals surface area contributed by atoms with E-state index >= 15 is 0 Å². The fourth-order valence-corrected chi connectivity index (χ4v) is 5.29. The van der Waals surface area contributed by atoms with E-state index in [1.54, 1.807) is 35.2 Å². The Balaban J connectivity index is 1.32. The Bertz CT molecular complexity index is 1350. The summed E-state index contributed by atoms with van der Waals surface area (Å²) in [6.45, 7) is 4.03. The van der Waals surface area contributed by atoms with E-state index in [1.807, 2.05) is 13.8 Å². The van der Waals surface area contributed by atoms with Crippen LogP contribution in [-0.2, 0) is 41.1 Å². The number of benzene rings is 1. The van der Waals surface area contributed by atoms with E-state index in [4.69, 9.17) is 30.0 Å².